The number of hydrogen-bond donors (Lipinski definition) is 3. The Morgan fingerprint density at radius 3 is 2.89 bits per heavy atom. The molecule has 8 heteroatoms. The van der Waals surface area contributed by atoms with Crippen molar-refractivity contribution in [3.8, 4) is 0 Å². The van der Waals surface area contributed by atoms with E-state index < -0.39 is 11.7 Å². The van der Waals surface area contributed by atoms with Crippen LogP contribution in [0.15, 0.2) is 23.0 Å². The monoisotopic (exact) mass is 265 g/mol. The van der Waals surface area contributed by atoms with Crippen LogP contribution in [0.2, 0.25) is 0 Å². The zero-order valence-electron chi connectivity index (χ0n) is 9.89. The van der Waals surface area contributed by atoms with Gasteiger partial charge in [0.1, 0.15) is 5.82 Å². The lowest BCUT2D eigenvalue weighted by Crippen LogP contribution is -2.15. The van der Waals surface area contributed by atoms with Gasteiger partial charge in [0.15, 0.2) is 5.82 Å². The highest BCUT2D eigenvalue weighted by Gasteiger charge is 2.11. The van der Waals surface area contributed by atoms with Gasteiger partial charge in [0.2, 0.25) is 6.39 Å². The smallest absolute Gasteiger partial charge is 0.250 e. The van der Waals surface area contributed by atoms with Crippen LogP contribution in [0.25, 0.3) is 0 Å². The fraction of sp³-hybridized carbons (Fsp3) is 0.182. The summed E-state index contributed by atoms with van der Waals surface area (Å²) >= 11 is 0. The van der Waals surface area contributed by atoms with Gasteiger partial charge < -0.3 is 21.3 Å². The lowest BCUT2D eigenvalue weighted by atomic mass is 10.1. The average molecular weight is 265 g/mol. The summed E-state index contributed by atoms with van der Waals surface area (Å²) in [6, 6.07) is 2.33. The third kappa shape index (κ3) is 2.97. The maximum Gasteiger partial charge on any atom is 0.250 e. The van der Waals surface area contributed by atoms with Gasteiger partial charge in [-0.05, 0) is 12.1 Å². The molecule has 2 aromatic rings. The third-order valence-electron chi connectivity index (χ3n) is 2.48. The molecule has 0 aliphatic rings. The highest BCUT2D eigenvalue weighted by atomic mass is 19.1. The zero-order valence-corrected chi connectivity index (χ0v) is 9.89. The molecular weight excluding hydrogens is 253 g/mol. The predicted molar refractivity (Wildman–Crippen MR) is 65.8 cm³/mol. The minimum atomic E-state index is -0.710. The van der Waals surface area contributed by atoms with Crippen LogP contribution in [-0.2, 0) is 6.42 Å². The van der Waals surface area contributed by atoms with Crippen molar-refractivity contribution in [1.29, 1.82) is 0 Å². The molecular formula is C11H12FN5O2. The van der Waals surface area contributed by atoms with Crippen molar-refractivity contribution in [1.82, 2.24) is 10.1 Å². The molecule has 0 saturated carbocycles. The molecule has 0 aliphatic carbocycles. The van der Waals surface area contributed by atoms with E-state index in [4.69, 9.17) is 11.5 Å². The van der Waals surface area contributed by atoms with Gasteiger partial charge in [-0.1, -0.05) is 5.16 Å². The maximum atomic E-state index is 13.6. The summed E-state index contributed by atoms with van der Waals surface area (Å²) in [5.41, 5.74) is 10.9. The number of aromatic nitrogens is 2. The molecule has 0 atom stereocenters. The van der Waals surface area contributed by atoms with Gasteiger partial charge in [0.05, 0.1) is 11.3 Å². The Balaban J connectivity index is 2.07. The number of carbonyl (C=O) groups is 1. The molecule has 7 nitrogen and oxygen atoms in total. The van der Waals surface area contributed by atoms with Gasteiger partial charge in [-0.15, -0.1) is 0 Å². The molecule has 1 aromatic heterocycles. The Morgan fingerprint density at radius 2 is 2.26 bits per heavy atom. The molecule has 19 heavy (non-hydrogen) atoms. The van der Waals surface area contributed by atoms with E-state index in [1.807, 2.05) is 0 Å². The molecule has 0 saturated heterocycles. The predicted octanol–water partition coefficient (Wildman–Crippen LogP) is 0.544. The normalized spacial score (nSPS) is 10.4. The highest BCUT2D eigenvalue weighted by Crippen LogP contribution is 2.21. The number of nitrogen functional groups attached to an aromatic ring is 1. The number of benzene rings is 1. The van der Waals surface area contributed by atoms with Crippen molar-refractivity contribution in [2.45, 2.75) is 6.42 Å². The number of primary amides is 1. The van der Waals surface area contributed by atoms with Crippen molar-refractivity contribution in [3.63, 3.8) is 0 Å². The molecule has 0 fully saturated rings. The summed E-state index contributed by atoms with van der Waals surface area (Å²) in [6.45, 7) is 0.374. The topological polar surface area (TPSA) is 120 Å². The van der Waals surface area contributed by atoms with Gasteiger partial charge >= 0.3 is 0 Å². The number of rotatable bonds is 5. The Bertz CT molecular complexity index is 585. The molecule has 5 N–H and O–H groups in total. The summed E-state index contributed by atoms with van der Waals surface area (Å²) < 4.78 is 18.2. The molecule has 100 valence electrons. The van der Waals surface area contributed by atoms with E-state index in [0.29, 0.717) is 18.8 Å². The molecule has 1 amide bonds. The molecule has 1 aromatic carbocycles. The second-order valence-corrected chi connectivity index (χ2v) is 3.81. The number of carbonyl (C=O) groups excluding carboxylic acids is 1. The van der Waals surface area contributed by atoms with Crippen LogP contribution in [0.1, 0.15) is 16.2 Å². The minimum absolute atomic E-state index is 0.00807. The van der Waals surface area contributed by atoms with E-state index in [-0.39, 0.29) is 16.9 Å². The van der Waals surface area contributed by atoms with Crippen LogP contribution in [0.4, 0.5) is 15.8 Å². The highest BCUT2D eigenvalue weighted by molar-refractivity contribution is 5.99. The van der Waals surface area contributed by atoms with Gasteiger partial charge in [-0.2, -0.15) is 4.98 Å². The SMILES string of the molecule is NC(=O)c1cc(NCCc2ncon2)c(F)cc1N. The largest absolute Gasteiger partial charge is 0.398 e. The van der Waals surface area contributed by atoms with E-state index in [1.54, 1.807) is 0 Å². The van der Waals surface area contributed by atoms with E-state index >= 15 is 0 Å². The lowest BCUT2D eigenvalue weighted by molar-refractivity contribution is 0.100. The Kier molecular flexibility index (Phi) is 3.60. The van der Waals surface area contributed by atoms with Crippen molar-refractivity contribution >= 4 is 17.3 Å². The maximum absolute atomic E-state index is 13.6. The molecule has 2 rings (SSSR count). The van der Waals surface area contributed by atoms with Gasteiger partial charge in [0.25, 0.3) is 5.91 Å². The third-order valence-corrected chi connectivity index (χ3v) is 2.48. The van der Waals surface area contributed by atoms with Crippen LogP contribution in [0, 0.1) is 5.82 Å². The van der Waals surface area contributed by atoms with Crippen molar-refractivity contribution in [2.75, 3.05) is 17.6 Å². The number of halogens is 1. The standard InChI is InChI=1S/C11H12FN5O2/c12-7-4-8(13)6(11(14)18)3-9(7)15-2-1-10-16-5-19-17-10/h3-5,15H,1-2,13H2,(H2,14,18). The van der Waals surface area contributed by atoms with Crippen LogP contribution < -0.4 is 16.8 Å². The molecule has 0 radical (unpaired) electrons. The first kappa shape index (κ1) is 12.8. The number of amides is 1. The first-order valence-corrected chi connectivity index (χ1v) is 5.46. The molecule has 0 aliphatic heterocycles. The first-order chi connectivity index (χ1) is 9.08. The van der Waals surface area contributed by atoms with Crippen molar-refractivity contribution in [3.05, 3.63) is 35.7 Å². The van der Waals surface area contributed by atoms with E-state index in [2.05, 4.69) is 20.0 Å². The minimum Gasteiger partial charge on any atom is -0.398 e. The number of nitrogens with two attached hydrogens (primary N) is 2. The Hall–Kier alpha value is -2.64. The quantitative estimate of drug-likeness (QED) is 0.679. The molecule has 0 unspecified atom stereocenters. The van der Waals surface area contributed by atoms with Crippen LogP contribution in [-0.4, -0.2) is 22.6 Å². The molecule has 0 spiro atoms. The van der Waals surface area contributed by atoms with Crippen molar-refractivity contribution < 1.29 is 13.7 Å². The van der Waals surface area contributed by atoms with E-state index in [9.17, 15) is 9.18 Å². The van der Waals surface area contributed by atoms with Crippen LogP contribution in [0.5, 0.6) is 0 Å². The summed E-state index contributed by atoms with van der Waals surface area (Å²) in [5.74, 6) is -0.771. The van der Waals surface area contributed by atoms with E-state index in [0.717, 1.165) is 6.07 Å². The average Bonchev–Trinajstić information content (AvgIpc) is 2.84. The second-order valence-electron chi connectivity index (χ2n) is 3.81. The summed E-state index contributed by atoms with van der Waals surface area (Å²) in [5, 5.41) is 6.43. The fourth-order valence-corrected chi connectivity index (χ4v) is 1.55. The Morgan fingerprint density at radius 1 is 1.47 bits per heavy atom. The summed E-state index contributed by atoms with van der Waals surface area (Å²) in [4.78, 5) is 14.9. The molecule has 0 bridgehead atoms. The number of nitrogens with one attached hydrogen (secondary N) is 1. The van der Waals surface area contributed by atoms with Crippen molar-refractivity contribution in [2.24, 2.45) is 5.73 Å². The fourth-order valence-electron chi connectivity index (χ4n) is 1.55. The molecule has 1 heterocycles. The Labute approximate surface area is 107 Å². The lowest BCUT2D eigenvalue weighted by Gasteiger charge is -2.09. The van der Waals surface area contributed by atoms with Gasteiger partial charge in [-0.3, -0.25) is 4.79 Å². The van der Waals surface area contributed by atoms with E-state index in [1.165, 1.54) is 12.5 Å². The van der Waals surface area contributed by atoms with Gasteiger partial charge in [-0.25, -0.2) is 4.39 Å². The zero-order chi connectivity index (χ0) is 13.8. The summed E-state index contributed by atoms with van der Waals surface area (Å²) in [7, 11) is 0. The number of anilines is 2. The van der Waals surface area contributed by atoms with Gasteiger partial charge in [0, 0.05) is 18.7 Å². The first-order valence-electron chi connectivity index (χ1n) is 5.46. The van der Waals surface area contributed by atoms with Crippen LogP contribution in [0.3, 0.4) is 0 Å². The number of hydrogen-bond acceptors (Lipinski definition) is 6. The number of nitrogens with zero attached hydrogens (tertiary/aromatic N) is 2. The second kappa shape index (κ2) is 5.34. The summed E-state index contributed by atoms with van der Waals surface area (Å²) in [6.07, 6.45) is 1.66. The van der Waals surface area contributed by atoms with Crippen LogP contribution >= 0.6 is 0 Å².